The molecular formula is C23H41N5O. The van der Waals surface area contributed by atoms with Crippen LogP contribution in [0.3, 0.4) is 0 Å². The fraction of sp³-hybridized carbons (Fsp3) is 0.696. The van der Waals surface area contributed by atoms with Gasteiger partial charge in [-0.2, -0.15) is 0 Å². The van der Waals surface area contributed by atoms with E-state index in [1.807, 2.05) is 0 Å². The maximum atomic E-state index is 5.50. The van der Waals surface area contributed by atoms with Gasteiger partial charge in [0, 0.05) is 44.3 Å². The highest BCUT2D eigenvalue weighted by Crippen LogP contribution is 2.16. The third-order valence-corrected chi connectivity index (χ3v) is 5.73. The fourth-order valence-corrected chi connectivity index (χ4v) is 3.40. The van der Waals surface area contributed by atoms with E-state index in [-0.39, 0.29) is 5.54 Å². The molecule has 0 aliphatic carbocycles. The Balaban J connectivity index is 2.02. The number of nitrogens with one attached hydrogen (secondary N) is 2. The molecule has 1 heterocycles. The first-order chi connectivity index (χ1) is 13.8. The molecule has 0 spiro atoms. The normalized spacial score (nSPS) is 16.5. The Morgan fingerprint density at radius 3 is 2.45 bits per heavy atom. The summed E-state index contributed by atoms with van der Waals surface area (Å²) in [5.41, 5.74) is 2.68. The Morgan fingerprint density at radius 1 is 1.17 bits per heavy atom. The number of rotatable bonds is 9. The van der Waals surface area contributed by atoms with Crippen LogP contribution in [0.4, 0.5) is 0 Å². The Bertz CT molecular complexity index is 638. The first-order valence-corrected chi connectivity index (χ1v) is 11.0. The quantitative estimate of drug-likeness (QED) is 0.490. The second-order valence-corrected chi connectivity index (χ2v) is 8.74. The van der Waals surface area contributed by atoms with Crippen LogP contribution < -0.4 is 10.6 Å². The van der Waals surface area contributed by atoms with E-state index in [0.29, 0.717) is 12.6 Å². The van der Waals surface area contributed by atoms with Crippen molar-refractivity contribution in [2.45, 2.75) is 59.3 Å². The first-order valence-electron chi connectivity index (χ1n) is 11.0. The van der Waals surface area contributed by atoms with Gasteiger partial charge in [-0.15, -0.1) is 0 Å². The van der Waals surface area contributed by atoms with Gasteiger partial charge in [0.2, 0.25) is 0 Å². The van der Waals surface area contributed by atoms with Crippen molar-refractivity contribution >= 4 is 5.96 Å². The van der Waals surface area contributed by atoms with E-state index in [1.165, 1.54) is 11.1 Å². The minimum atomic E-state index is 0.0534. The zero-order valence-electron chi connectivity index (χ0n) is 19.3. The lowest BCUT2D eigenvalue weighted by Crippen LogP contribution is -2.56. The number of aliphatic imine (C=N–C) groups is 1. The summed E-state index contributed by atoms with van der Waals surface area (Å²) in [6.07, 6.45) is 0. The summed E-state index contributed by atoms with van der Waals surface area (Å²) in [6.45, 7) is 18.0. The summed E-state index contributed by atoms with van der Waals surface area (Å²) in [5.74, 6) is 0.876. The molecule has 1 aromatic rings. The van der Waals surface area contributed by atoms with E-state index in [9.17, 15) is 0 Å². The molecule has 0 atom stereocenters. The van der Waals surface area contributed by atoms with E-state index in [2.05, 4.69) is 86.4 Å². The van der Waals surface area contributed by atoms with Gasteiger partial charge < -0.3 is 15.4 Å². The van der Waals surface area contributed by atoms with E-state index >= 15 is 0 Å². The van der Waals surface area contributed by atoms with Crippen molar-refractivity contribution in [3.05, 3.63) is 35.4 Å². The monoisotopic (exact) mass is 403 g/mol. The van der Waals surface area contributed by atoms with Gasteiger partial charge in [0.25, 0.3) is 0 Å². The molecule has 0 aromatic heterocycles. The van der Waals surface area contributed by atoms with Gasteiger partial charge in [-0.3, -0.25) is 9.80 Å². The summed E-state index contributed by atoms with van der Waals surface area (Å²) < 4.78 is 5.50. The second kappa shape index (κ2) is 11.5. The van der Waals surface area contributed by atoms with Crippen molar-refractivity contribution in [3.8, 4) is 0 Å². The van der Waals surface area contributed by atoms with Crippen LogP contribution in [-0.2, 0) is 17.8 Å². The summed E-state index contributed by atoms with van der Waals surface area (Å²) >= 11 is 0. The molecule has 1 aliphatic heterocycles. The number of ether oxygens (including phenoxy) is 1. The zero-order chi connectivity index (χ0) is 21.3. The lowest BCUT2D eigenvalue weighted by molar-refractivity contribution is -0.00834. The average molecular weight is 404 g/mol. The van der Waals surface area contributed by atoms with E-state index in [0.717, 1.165) is 51.9 Å². The third-order valence-electron chi connectivity index (χ3n) is 5.73. The molecule has 0 amide bonds. The average Bonchev–Trinajstić information content (AvgIpc) is 2.71. The third kappa shape index (κ3) is 7.61. The van der Waals surface area contributed by atoms with Gasteiger partial charge >= 0.3 is 0 Å². The Labute approximate surface area is 177 Å². The molecule has 1 aromatic carbocycles. The maximum Gasteiger partial charge on any atom is 0.191 e. The van der Waals surface area contributed by atoms with E-state index in [1.54, 1.807) is 0 Å². The van der Waals surface area contributed by atoms with Crippen LogP contribution in [0, 0.1) is 0 Å². The Kier molecular flexibility index (Phi) is 9.40. The van der Waals surface area contributed by atoms with Gasteiger partial charge in [0.15, 0.2) is 5.96 Å². The van der Waals surface area contributed by atoms with Crippen LogP contribution in [-0.4, -0.2) is 73.8 Å². The predicted octanol–water partition coefficient (Wildman–Crippen LogP) is 2.69. The molecule has 1 fully saturated rings. The molecule has 6 heteroatoms. The van der Waals surface area contributed by atoms with Crippen LogP contribution in [0.5, 0.6) is 0 Å². The number of hydrogen-bond acceptors (Lipinski definition) is 4. The molecule has 164 valence electrons. The summed E-state index contributed by atoms with van der Waals surface area (Å²) in [4.78, 5) is 9.73. The molecule has 0 unspecified atom stereocenters. The molecule has 6 nitrogen and oxygen atoms in total. The smallest absolute Gasteiger partial charge is 0.191 e. The largest absolute Gasteiger partial charge is 0.379 e. The lowest BCUT2D eigenvalue weighted by Gasteiger charge is -2.41. The van der Waals surface area contributed by atoms with Crippen molar-refractivity contribution < 1.29 is 4.74 Å². The van der Waals surface area contributed by atoms with Crippen LogP contribution in [0.25, 0.3) is 0 Å². The summed E-state index contributed by atoms with van der Waals surface area (Å²) in [5, 5.41) is 6.95. The lowest BCUT2D eigenvalue weighted by atomic mass is 10.0. The van der Waals surface area contributed by atoms with Gasteiger partial charge in [0.1, 0.15) is 0 Å². The predicted molar refractivity (Wildman–Crippen MR) is 122 cm³/mol. The Hall–Kier alpha value is -1.63. The molecular weight excluding hydrogens is 362 g/mol. The van der Waals surface area contributed by atoms with Gasteiger partial charge in [0.05, 0.1) is 19.8 Å². The van der Waals surface area contributed by atoms with Crippen molar-refractivity contribution in [1.82, 2.24) is 20.4 Å². The number of hydrogen-bond donors (Lipinski definition) is 2. The maximum absolute atomic E-state index is 5.50. The van der Waals surface area contributed by atoms with Crippen LogP contribution in [0.1, 0.15) is 45.7 Å². The van der Waals surface area contributed by atoms with E-state index < -0.39 is 0 Å². The molecule has 0 radical (unpaired) electrons. The highest BCUT2D eigenvalue weighted by atomic mass is 16.5. The van der Waals surface area contributed by atoms with Crippen molar-refractivity contribution in [1.29, 1.82) is 0 Å². The van der Waals surface area contributed by atoms with Gasteiger partial charge in [-0.05, 0) is 52.8 Å². The van der Waals surface area contributed by atoms with Gasteiger partial charge in [-0.25, -0.2) is 4.99 Å². The molecule has 0 bridgehead atoms. The van der Waals surface area contributed by atoms with Crippen molar-refractivity contribution in [2.24, 2.45) is 4.99 Å². The highest BCUT2D eigenvalue weighted by molar-refractivity contribution is 5.79. The summed E-state index contributed by atoms with van der Waals surface area (Å²) in [6, 6.07) is 9.14. The molecule has 2 rings (SSSR count). The molecule has 1 aliphatic rings. The van der Waals surface area contributed by atoms with Crippen molar-refractivity contribution in [3.63, 3.8) is 0 Å². The van der Waals surface area contributed by atoms with Crippen LogP contribution in [0.15, 0.2) is 29.3 Å². The number of nitrogens with zero attached hydrogens (tertiary/aromatic N) is 3. The SMILES string of the molecule is CCNC(=NCc1ccccc1CN(C)C(C)C)NCC(C)(C)N1CCOCC1. The summed E-state index contributed by atoms with van der Waals surface area (Å²) in [7, 11) is 2.17. The van der Waals surface area contributed by atoms with Crippen LogP contribution in [0.2, 0.25) is 0 Å². The van der Waals surface area contributed by atoms with E-state index in [4.69, 9.17) is 9.73 Å². The van der Waals surface area contributed by atoms with Crippen LogP contribution >= 0.6 is 0 Å². The van der Waals surface area contributed by atoms with Crippen molar-refractivity contribution in [2.75, 3.05) is 46.4 Å². The fourth-order valence-electron chi connectivity index (χ4n) is 3.40. The topological polar surface area (TPSA) is 52.1 Å². The number of benzene rings is 1. The number of guanidine groups is 1. The molecule has 1 saturated heterocycles. The second-order valence-electron chi connectivity index (χ2n) is 8.74. The zero-order valence-corrected chi connectivity index (χ0v) is 19.3. The van der Waals surface area contributed by atoms with Gasteiger partial charge in [-0.1, -0.05) is 24.3 Å². The molecule has 29 heavy (non-hydrogen) atoms. The number of morpholine rings is 1. The highest BCUT2D eigenvalue weighted by Gasteiger charge is 2.28. The minimum absolute atomic E-state index is 0.0534. The molecule has 0 saturated carbocycles. The Morgan fingerprint density at radius 2 is 1.83 bits per heavy atom. The standard InChI is InChI=1S/C23H41N5O/c1-7-24-22(26-18-23(4,5)28-12-14-29-15-13-28)25-16-20-10-8-9-11-21(20)17-27(6)19(2)3/h8-11,19H,7,12-18H2,1-6H3,(H2,24,25,26). The first kappa shape index (κ1) is 23.6. The minimum Gasteiger partial charge on any atom is -0.379 e. The molecule has 2 N–H and O–H groups in total.